The second-order valence-corrected chi connectivity index (χ2v) is 11.9. The third-order valence-electron chi connectivity index (χ3n) is 7.20. The normalized spacial score (nSPS) is 15.7. The summed E-state index contributed by atoms with van der Waals surface area (Å²) in [6.45, 7) is 3.34. The Hall–Kier alpha value is -3.27. The first-order valence-corrected chi connectivity index (χ1v) is 15.0. The van der Waals surface area contributed by atoms with Crippen LogP contribution < -0.4 is 19.1 Å². The van der Waals surface area contributed by atoms with Crippen molar-refractivity contribution in [3.8, 4) is 11.5 Å². The lowest BCUT2D eigenvalue weighted by Crippen LogP contribution is -2.54. The average Bonchev–Trinajstić information content (AvgIpc) is 3.61. The number of carbonyl (C=O) groups excluding carboxylic acids is 2. The predicted octanol–water partition coefficient (Wildman–Crippen LogP) is 3.48. The monoisotopic (exact) mass is 543 g/mol. The molecule has 0 spiro atoms. The van der Waals surface area contributed by atoms with Gasteiger partial charge in [0, 0.05) is 18.7 Å². The van der Waals surface area contributed by atoms with Crippen LogP contribution in [0.5, 0.6) is 11.5 Å². The number of hydrogen-bond acceptors (Lipinski definition) is 6. The maximum absolute atomic E-state index is 13.9. The molecule has 206 valence electrons. The van der Waals surface area contributed by atoms with Crippen LogP contribution in [0.25, 0.3) is 0 Å². The van der Waals surface area contributed by atoms with Crippen molar-refractivity contribution < 1.29 is 27.5 Å². The van der Waals surface area contributed by atoms with Crippen LogP contribution in [-0.2, 0) is 26.0 Å². The largest absolute Gasteiger partial charge is 0.454 e. The molecule has 38 heavy (non-hydrogen) atoms. The second kappa shape index (κ2) is 12.5. The van der Waals surface area contributed by atoms with Gasteiger partial charge in [0.25, 0.3) is 0 Å². The molecule has 0 saturated heterocycles. The third kappa shape index (κ3) is 6.59. The van der Waals surface area contributed by atoms with Crippen molar-refractivity contribution in [2.45, 2.75) is 64.5 Å². The quantitative estimate of drug-likeness (QED) is 0.440. The molecule has 0 radical (unpaired) electrons. The minimum atomic E-state index is -3.81. The van der Waals surface area contributed by atoms with Gasteiger partial charge in [0.2, 0.25) is 28.6 Å². The van der Waals surface area contributed by atoms with Gasteiger partial charge in [-0.25, -0.2) is 8.42 Å². The third-order valence-corrected chi connectivity index (χ3v) is 8.94. The Kier molecular flexibility index (Phi) is 9.14. The summed E-state index contributed by atoms with van der Waals surface area (Å²) in [5, 5.41) is 3.12. The van der Waals surface area contributed by atoms with Crippen LogP contribution in [0.1, 0.15) is 51.5 Å². The lowest BCUT2D eigenvalue weighted by molar-refractivity contribution is -0.139. The molecule has 0 unspecified atom stereocenters. The number of hydrogen-bond donors (Lipinski definition) is 1. The molecule has 0 aromatic heterocycles. The Bertz CT molecular complexity index is 1210. The van der Waals surface area contributed by atoms with Gasteiger partial charge in [-0.05, 0) is 50.3 Å². The number of anilines is 1. The molecule has 1 heterocycles. The van der Waals surface area contributed by atoms with E-state index < -0.39 is 28.5 Å². The summed E-state index contributed by atoms with van der Waals surface area (Å²) in [5.41, 5.74) is 1.35. The van der Waals surface area contributed by atoms with Gasteiger partial charge in [-0.3, -0.25) is 13.9 Å². The summed E-state index contributed by atoms with van der Waals surface area (Å²) in [5.74, 6) is 0.151. The molecule has 1 aliphatic heterocycles. The van der Waals surface area contributed by atoms with Gasteiger partial charge < -0.3 is 19.7 Å². The van der Waals surface area contributed by atoms with Gasteiger partial charge in [-0.15, -0.1) is 0 Å². The van der Waals surface area contributed by atoms with Crippen molar-refractivity contribution in [2.24, 2.45) is 0 Å². The number of sulfonamides is 1. The highest BCUT2D eigenvalue weighted by Gasteiger charge is 2.33. The molecule has 9 nitrogen and oxygen atoms in total. The molecule has 1 saturated carbocycles. The zero-order valence-electron chi connectivity index (χ0n) is 22.1. The number of rotatable bonds is 12. The van der Waals surface area contributed by atoms with Crippen LogP contribution in [0.15, 0.2) is 48.5 Å². The number of nitrogens with zero attached hydrogens (tertiary/aromatic N) is 2. The summed E-state index contributed by atoms with van der Waals surface area (Å²) in [6, 6.07) is 14.0. The lowest BCUT2D eigenvalue weighted by Gasteiger charge is -2.33. The van der Waals surface area contributed by atoms with E-state index in [2.05, 4.69) is 5.32 Å². The van der Waals surface area contributed by atoms with Crippen LogP contribution in [0.3, 0.4) is 0 Å². The number of fused-ring (bicyclic) bond motifs is 1. The van der Waals surface area contributed by atoms with Gasteiger partial charge in [0.05, 0.1) is 11.4 Å². The first-order valence-electron chi connectivity index (χ1n) is 13.4. The molecule has 2 aliphatic rings. The molecule has 2 aromatic carbocycles. The topological polar surface area (TPSA) is 105 Å². The summed E-state index contributed by atoms with van der Waals surface area (Å²) >= 11 is 0. The fourth-order valence-electron chi connectivity index (χ4n) is 5.02. The molecule has 2 amide bonds. The molecule has 2 aromatic rings. The number of amides is 2. The van der Waals surface area contributed by atoms with Crippen molar-refractivity contribution >= 4 is 27.5 Å². The van der Waals surface area contributed by atoms with Crippen LogP contribution in [0.2, 0.25) is 0 Å². The molecule has 1 fully saturated rings. The second-order valence-electron chi connectivity index (χ2n) is 9.68. The minimum absolute atomic E-state index is 0.0554. The van der Waals surface area contributed by atoms with Crippen molar-refractivity contribution in [1.29, 1.82) is 0 Å². The fourth-order valence-corrected chi connectivity index (χ4v) is 6.08. The highest BCUT2D eigenvalue weighted by molar-refractivity contribution is 7.92. The fraction of sp³-hybridized carbons (Fsp3) is 0.500. The van der Waals surface area contributed by atoms with Crippen molar-refractivity contribution in [2.75, 3.05) is 29.9 Å². The Labute approximate surface area is 225 Å². The summed E-state index contributed by atoms with van der Waals surface area (Å²) in [7, 11) is -3.81. The van der Waals surface area contributed by atoms with Crippen LogP contribution >= 0.6 is 0 Å². The van der Waals surface area contributed by atoms with Gasteiger partial charge >= 0.3 is 0 Å². The maximum atomic E-state index is 13.9. The zero-order valence-corrected chi connectivity index (χ0v) is 22.9. The van der Waals surface area contributed by atoms with E-state index in [9.17, 15) is 18.0 Å². The molecule has 10 heteroatoms. The standard InChI is InChI=1S/C28H37N3O6S/c1-3-24(28(33)29-22-12-8-9-13-22)30(17-16-21-10-6-5-7-11-21)27(32)19-31(38(34,35)4-2)23-14-15-25-26(18-23)37-20-36-25/h5-7,10-11,14-15,18,22,24H,3-4,8-9,12-13,16-17,19-20H2,1-2H3,(H,29,33)/t24-/m0/s1. The van der Waals surface area contributed by atoms with Crippen LogP contribution in [-0.4, -0.2) is 62.9 Å². The molecule has 1 atom stereocenters. The van der Waals surface area contributed by atoms with E-state index in [4.69, 9.17) is 9.47 Å². The molecular formula is C28H37N3O6S. The predicted molar refractivity (Wildman–Crippen MR) is 146 cm³/mol. The number of carbonyl (C=O) groups is 2. The van der Waals surface area contributed by atoms with Crippen molar-refractivity contribution in [1.82, 2.24) is 10.2 Å². The van der Waals surface area contributed by atoms with Crippen LogP contribution in [0, 0.1) is 0 Å². The van der Waals surface area contributed by atoms with E-state index in [1.807, 2.05) is 37.3 Å². The molecule has 0 bridgehead atoms. The molecule has 4 rings (SSSR count). The summed E-state index contributed by atoms with van der Waals surface area (Å²) < 4.78 is 38.2. The maximum Gasteiger partial charge on any atom is 0.244 e. The van der Waals surface area contributed by atoms with Crippen molar-refractivity contribution in [3.63, 3.8) is 0 Å². The molecule has 1 N–H and O–H groups in total. The van der Waals surface area contributed by atoms with E-state index in [1.54, 1.807) is 23.1 Å². The van der Waals surface area contributed by atoms with Gasteiger partial charge in [0.1, 0.15) is 12.6 Å². The summed E-state index contributed by atoms with van der Waals surface area (Å²) in [6.07, 6.45) is 5.00. The Morgan fingerprint density at radius 1 is 1.03 bits per heavy atom. The Balaban J connectivity index is 1.60. The highest BCUT2D eigenvalue weighted by Crippen LogP contribution is 2.36. The van der Waals surface area contributed by atoms with Gasteiger partial charge in [-0.1, -0.05) is 50.1 Å². The lowest BCUT2D eigenvalue weighted by atomic mass is 10.1. The van der Waals surface area contributed by atoms with Crippen molar-refractivity contribution in [3.05, 3.63) is 54.1 Å². The van der Waals surface area contributed by atoms with E-state index >= 15 is 0 Å². The van der Waals surface area contributed by atoms with E-state index in [0.29, 0.717) is 36.6 Å². The van der Waals surface area contributed by atoms with E-state index in [1.165, 1.54) is 6.92 Å². The minimum Gasteiger partial charge on any atom is -0.454 e. The number of nitrogens with one attached hydrogen (secondary N) is 1. The molecule has 1 aliphatic carbocycles. The number of ether oxygens (including phenoxy) is 2. The molecular weight excluding hydrogens is 506 g/mol. The van der Waals surface area contributed by atoms with E-state index in [0.717, 1.165) is 35.6 Å². The number of benzene rings is 2. The first-order chi connectivity index (χ1) is 18.3. The Morgan fingerprint density at radius 2 is 1.74 bits per heavy atom. The smallest absolute Gasteiger partial charge is 0.244 e. The summed E-state index contributed by atoms with van der Waals surface area (Å²) in [4.78, 5) is 28.8. The zero-order chi connectivity index (χ0) is 27.1. The van der Waals surface area contributed by atoms with Crippen LogP contribution in [0.4, 0.5) is 5.69 Å². The average molecular weight is 544 g/mol. The first kappa shape index (κ1) is 27.8. The highest BCUT2D eigenvalue weighted by atomic mass is 32.2. The van der Waals surface area contributed by atoms with Gasteiger partial charge in [0.15, 0.2) is 11.5 Å². The van der Waals surface area contributed by atoms with Gasteiger partial charge in [-0.2, -0.15) is 0 Å². The Morgan fingerprint density at radius 3 is 2.42 bits per heavy atom. The SMILES string of the molecule is CC[C@@H](C(=O)NC1CCCC1)N(CCc1ccccc1)C(=O)CN(c1ccc2c(c1)OCO2)S(=O)(=O)CC. The van der Waals surface area contributed by atoms with E-state index in [-0.39, 0.29) is 24.5 Å².